The monoisotopic (exact) mass is 357 g/mol. The summed E-state index contributed by atoms with van der Waals surface area (Å²) in [7, 11) is 0. The summed E-state index contributed by atoms with van der Waals surface area (Å²) in [5.41, 5.74) is 4.50. The second-order valence-electron chi connectivity index (χ2n) is 5.00. The Morgan fingerprint density at radius 2 is 1.73 bits per heavy atom. The minimum absolute atomic E-state index is 0. The van der Waals surface area contributed by atoms with E-state index in [1.165, 1.54) is 16.0 Å². The molecule has 0 saturated heterocycles. The fourth-order valence-corrected chi connectivity index (χ4v) is 2.73. The Balaban J connectivity index is 0.000000208. The van der Waals surface area contributed by atoms with Crippen molar-refractivity contribution in [1.82, 2.24) is 0 Å². The fourth-order valence-electron chi connectivity index (χ4n) is 2.73. The molecule has 0 unspecified atom stereocenters. The average molecular weight is 359 g/mol. The van der Waals surface area contributed by atoms with Crippen LogP contribution in [0.5, 0.6) is 0 Å². The summed E-state index contributed by atoms with van der Waals surface area (Å²) < 4.78 is 0. The van der Waals surface area contributed by atoms with E-state index >= 15 is 0 Å². The Bertz CT molecular complexity index is 917. The van der Waals surface area contributed by atoms with Gasteiger partial charge in [0.2, 0.25) is 0 Å². The molecule has 102 valence electrons. The molecule has 1 heterocycles. The molecular weight excluding hydrogens is 345 g/mol. The quantitative estimate of drug-likeness (QED) is 0.548. The molecule has 0 bridgehead atoms. The zero-order valence-electron chi connectivity index (χ0n) is 12.0. The molecule has 3 aromatic carbocycles. The molecule has 22 heavy (non-hydrogen) atoms. The van der Waals surface area contributed by atoms with Gasteiger partial charge in [-0.05, 0) is 17.0 Å². The molecule has 0 N–H and O–H groups in total. The number of aliphatic imine (C=N–C) groups is 1. The van der Waals surface area contributed by atoms with Gasteiger partial charge in [0.1, 0.15) is 0 Å². The predicted octanol–water partition coefficient (Wildman–Crippen LogP) is 2.97. The molecule has 1 aliphatic carbocycles. The Morgan fingerprint density at radius 1 is 0.909 bits per heavy atom. The van der Waals surface area contributed by atoms with Gasteiger partial charge in [0.15, 0.2) is 0 Å². The minimum atomic E-state index is 0. The molecule has 2 heteroatoms. The minimum Gasteiger partial charge on any atom is -0.307 e. The van der Waals surface area contributed by atoms with E-state index < -0.39 is 0 Å². The molecule has 5 rings (SSSR count). The van der Waals surface area contributed by atoms with E-state index in [1.54, 1.807) is 0 Å². The van der Waals surface area contributed by atoms with E-state index in [2.05, 4.69) is 41.4 Å². The summed E-state index contributed by atoms with van der Waals surface area (Å²) in [4.78, 5) is 4.62. The summed E-state index contributed by atoms with van der Waals surface area (Å²) in [6, 6.07) is 27.7. The van der Waals surface area contributed by atoms with Crippen molar-refractivity contribution in [2.75, 3.05) is 0 Å². The van der Waals surface area contributed by atoms with Gasteiger partial charge in [0.05, 0.1) is 0 Å². The molecule has 0 aromatic heterocycles. The fraction of sp³-hybridized carbons (Fsp3) is 0. The van der Waals surface area contributed by atoms with Crippen LogP contribution in [0.2, 0.25) is 0 Å². The van der Waals surface area contributed by atoms with Gasteiger partial charge in [-0.25, -0.2) is 12.1 Å². The van der Waals surface area contributed by atoms with Gasteiger partial charge in [-0.15, -0.1) is 29.8 Å². The van der Waals surface area contributed by atoms with Crippen LogP contribution >= 0.6 is 0 Å². The molecule has 0 atom stereocenters. The van der Waals surface area contributed by atoms with Gasteiger partial charge in [0, 0.05) is 5.71 Å². The van der Waals surface area contributed by atoms with E-state index in [-0.39, 0.29) is 26.2 Å². The average Bonchev–Trinajstić information content (AvgIpc) is 3.24. The van der Waals surface area contributed by atoms with Gasteiger partial charge in [-0.2, -0.15) is 18.2 Å². The van der Waals surface area contributed by atoms with Crippen LogP contribution in [0, 0.1) is 6.07 Å². The maximum absolute atomic E-state index is 4.62. The number of hydrogen-bond donors (Lipinski definition) is 0. The first-order chi connectivity index (χ1) is 10.4. The molecule has 1 nitrogen and oxygen atoms in total. The Morgan fingerprint density at radius 3 is 2.50 bits per heavy atom. The van der Waals surface area contributed by atoms with Gasteiger partial charge in [0.25, 0.3) is 0 Å². The van der Waals surface area contributed by atoms with Crippen LogP contribution < -0.4 is 10.4 Å². The zero-order valence-corrected chi connectivity index (χ0v) is 14.4. The van der Waals surface area contributed by atoms with E-state index in [1.807, 2.05) is 48.5 Å². The van der Waals surface area contributed by atoms with Gasteiger partial charge in [-0.3, -0.25) is 0 Å². The van der Waals surface area contributed by atoms with E-state index in [9.17, 15) is 0 Å². The van der Waals surface area contributed by atoms with Gasteiger partial charge >= 0.3 is 26.2 Å². The van der Waals surface area contributed by atoms with E-state index in [4.69, 9.17) is 0 Å². The smallest absolute Gasteiger partial charge is 0.307 e. The molecule has 0 spiro atoms. The van der Waals surface area contributed by atoms with Crippen molar-refractivity contribution >= 4 is 23.0 Å². The predicted molar refractivity (Wildman–Crippen MR) is 87.1 cm³/mol. The first-order valence-electron chi connectivity index (χ1n) is 7.01. The number of fused-ring (bicyclic) bond motifs is 4. The largest absolute Gasteiger partial charge is 2.00 e. The molecule has 0 saturated carbocycles. The van der Waals surface area contributed by atoms with Crippen molar-refractivity contribution in [2.45, 2.75) is 0 Å². The SMILES string of the molecule is [Zr+2].[c-]1cccc2c1C1=c3ccccc3=CC1=N2.c1cc[cH-]c1. The van der Waals surface area contributed by atoms with E-state index in [0.29, 0.717) is 0 Å². The van der Waals surface area contributed by atoms with Crippen molar-refractivity contribution in [2.24, 2.45) is 4.99 Å². The topological polar surface area (TPSA) is 12.4 Å². The zero-order chi connectivity index (χ0) is 14.1. The Hall–Kier alpha value is -1.92. The molecule has 0 fully saturated rings. The van der Waals surface area contributed by atoms with Crippen LogP contribution in [-0.2, 0) is 26.2 Å². The molecule has 3 aromatic rings. The van der Waals surface area contributed by atoms with Gasteiger partial charge in [-0.1, -0.05) is 35.1 Å². The van der Waals surface area contributed by atoms with Crippen LogP contribution in [0.4, 0.5) is 5.69 Å². The number of benzene rings is 2. The summed E-state index contributed by atoms with van der Waals surface area (Å²) in [6.45, 7) is 0. The van der Waals surface area contributed by atoms with Crippen LogP contribution in [0.25, 0.3) is 11.6 Å². The van der Waals surface area contributed by atoms with Crippen molar-refractivity contribution in [3.8, 4) is 0 Å². The van der Waals surface area contributed by atoms with Crippen LogP contribution in [0.3, 0.4) is 0 Å². The normalized spacial score (nSPS) is 12.7. The Labute approximate surface area is 148 Å². The van der Waals surface area contributed by atoms with Crippen molar-refractivity contribution < 1.29 is 26.2 Å². The summed E-state index contributed by atoms with van der Waals surface area (Å²) in [5, 5.41) is 2.54. The second-order valence-corrected chi connectivity index (χ2v) is 5.00. The number of rotatable bonds is 0. The summed E-state index contributed by atoms with van der Waals surface area (Å²) >= 11 is 0. The first kappa shape index (κ1) is 15.0. The molecular formula is C20H13NZr. The number of nitrogens with zero attached hydrogens (tertiary/aromatic N) is 1. The van der Waals surface area contributed by atoms with Crippen molar-refractivity contribution in [1.29, 1.82) is 0 Å². The van der Waals surface area contributed by atoms with Crippen molar-refractivity contribution in [3.05, 3.63) is 94.9 Å². The van der Waals surface area contributed by atoms with Gasteiger partial charge < -0.3 is 4.99 Å². The van der Waals surface area contributed by atoms with Crippen LogP contribution in [0.15, 0.2) is 77.8 Å². The van der Waals surface area contributed by atoms with Crippen molar-refractivity contribution in [3.63, 3.8) is 0 Å². The number of hydrogen-bond acceptors (Lipinski definition) is 1. The molecule has 2 aliphatic rings. The van der Waals surface area contributed by atoms with Crippen LogP contribution in [0.1, 0.15) is 5.56 Å². The third-order valence-corrected chi connectivity index (χ3v) is 3.66. The molecule has 0 radical (unpaired) electrons. The summed E-state index contributed by atoms with van der Waals surface area (Å²) in [5.74, 6) is 0. The molecule has 0 amide bonds. The Kier molecular flexibility index (Phi) is 4.40. The third-order valence-electron chi connectivity index (χ3n) is 3.66. The van der Waals surface area contributed by atoms with E-state index in [0.717, 1.165) is 17.0 Å². The maximum Gasteiger partial charge on any atom is 2.00 e. The maximum atomic E-state index is 4.62. The van der Waals surface area contributed by atoms with Crippen LogP contribution in [-0.4, -0.2) is 5.71 Å². The first-order valence-corrected chi connectivity index (χ1v) is 7.01. The third kappa shape index (κ3) is 2.60. The summed E-state index contributed by atoms with van der Waals surface area (Å²) in [6.07, 6.45) is 2.15. The second kappa shape index (κ2) is 6.46. The standard InChI is InChI=1S/C15H8N.C5H5.Zr/c1-2-6-11-10(5-1)9-14-15(11)12-7-3-4-8-13(12)16-14;1-2-4-5-3-1;/h1-6,8-9H;1-5H;/q2*-1;+2. The molecule has 1 aliphatic heterocycles.